The quantitative estimate of drug-likeness (QED) is 0.345. The summed E-state index contributed by atoms with van der Waals surface area (Å²) in [5, 5.41) is 0. The van der Waals surface area contributed by atoms with Crippen LogP contribution in [-0.2, 0) is 4.79 Å². The third-order valence-corrected chi connectivity index (χ3v) is 0.772. The van der Waals surface area contributed by atoms with Crippen LogP contribution in [0.4, 0.5) is 0 Å². The lowest BCUT2D eigenvalue weighted by atomic mass is 10.4. The second-order valence-electron chi connectivity index (χ2n) is 1.73. The van der Waals surface area contributed by atoms with Crippen molar-refractivity contribution in [3.63, 3.8) is 0 Å². The van der Waals surface area contributed by atoms with E-state index >= 15 is 0 Å². The van der Waals surface area contributed by atoms with E-state index in [1.165, 1.54) is 6.08 Å². The molecule has 0 aliphatic carbocycles. The molecule has 0 N–H and O–H groups in total. The van der Waals surface area contributed by atoms with Gasteiger partial charge in [-0.15, -0.1) is 0 Å². The van der Waals surface area contributed by atoms with Crippen LogP contribution < -0.4 is 0 Å². The van der Waals surface area contributed by atoms with E-state index in [1.807, 2.05) is 19.1 Å². The van der Waals surface area contributed by atoms with Gasteiger partial charge in [0, 0.05) is 0 Å². The van der Waals surface area contributed by atoms with Crippen molar-refractivity contribution in [2.45, 2.75) is 20.3 Å². The van der Waals surface area contributed by atoms with Crippen molar-refractivity contribution in [1.82, 2.24) is 0 Å². The molecule has 0 spiro atoms. The zero-order valence-electron chi connectivity index (χ0n) is 7.29. The summed E-state index contributed by atoms with van der Waals surface area (Å²) in [7, 11) is 0. The normalized spacial score (nSPS) is 9.27. The van der Waals surface area contributed by atoms with Gasteiger partial charge in [-0.25, -0.2) is 0 Å². The van der Waals surface area contributed by atoms with E-state index < -0.39 is 0 Å². The van der Waals surface area contributed by atoms with Gasteiger partial charge in [-0.2, -0.15) is 0 Å². The second kappa shape index (κ2) is 16.0. The molecule has 0 aromatic rings. The Balaban J connectivity index is 0. The maximum absolute atomic E-state index is 9.06. The Bertz CT molecular complexity index is 126. The summed E-state index contributed by atoms with van der Waals surface area (Å²) in [6, 6.07) is 0. The lowest BCUT2D eigenvalue weighted by Crippen LogP contribution is -1.48. The Morgan fingerprint density at radius 2 is 1.91 bits per heavy atom. The van der Waals surface area contributed by atoms with Crippen molar-refractivity contribution in [1.29, 1.82) is 0 Å². The molecule has 0 aliphatic rings. The van der Waals surface area contributed by atoms with E-state index in [0.29, 0.717) is 6.29 Å². The number of carbonyl (C=O) groups excluding carboxylic acids is 1. The lowest BCUT2D eigenvalue weighted by molar-refractivity contribution is -0.104. The van der Waals surface area contributed by atoms with E-state index in [4.69, 9.17) is 4.79 Å². The predicted octanol–water partition coefficient (Wildman–Crippen LogP) is 2.90. The van der Waals surface area contributed by atoms with Crippen LogP contribution in [0.5, 0.6) is 0 Å². The van der Waals surface area contributed by atoms with Gasteiger partial charge in [0.1, 0.15) is 6.29 Å². The maximum atomic E-state index is 9.06. The van der Waals surface area contributed by atoms with Crippen LogP contribution in [-0.4, -0.2) is 6.29 Å². The van der Waals surface area contributed by atoms with E-state index in [2.05, 4.69) is 25.7 Å². The molecule has 0 saturated carbocycles. The van der Waals surface area contributed by atoms with Crippen LogP contribution in [0, 0.1) is 0 Å². The van der Waals surface area contributed by atoms with Crippen LogP contribution >= 0.6 is 0 Å². The molecule has 62 valence electrons. The number of aldehydes is 1. The zero-order valence-corrected chi connectivity index (χ0v) is 7.29. The van der Waals surface area contributed by atoms with E-state index in [9.17, 15) is 0 Å². The van der Waals surface area contributed by atoms with E-state index in [0.717, 1.165) is 6.42 Å². The smallest absolute Gasteiger partial charge is 0.142 e. The van der Waals surface area contributed by atoms with Crippen molar-refractivity contribution >= 4 is 6.29 Å². The monoisotopic (exact) mass is 152 g/mol. The van der Waals surface area contributed by atoms with Crippen LogP contribution in [0.1, 0.15) is 20.3 Å². The Labute approximate surface area is 69.1 Å². The summed E-state index contributed by atoms with van der Waals surface area (Å²) in [5.41, 5.74) is 0. The van der Waals surface area contributed by atoms with E-state index in [1.54, 1.807) is 0 Å². The summed E-state index contributed by atoms with van der Waals surface area (Å²) in [5.74, 6) is 0. The molecule has 0 aliphatic heterocycles. The Hall–Kier alpha value is -1.11. The summed E-state index contributed by atoms with van der Waals surface area (Å²) >= 11 is 0. The first-order valence-electron chi connectivity index (χ1n) is 3.67. The average Bonchev–Trinajstić information content (AvgIpc) is 2.06. The Kier molecular flexibility index (Phi) is 18.2. The molecule has 0 aromatic heterocycles. The SMILES string of the molecule is C/C=C\C=C\CC.C=CC=O. The minimum absolute atomic E-state index is 0.639. The van der Waals surface area contributed by atoms with Gasteiger partial charge in [0.25, 0.3) is 0 Å². The highest BCUT2D eigenvalue weighted by molar-refractivity contribution is 5.63. The maximum Gasteiger partial charge on any atom is 0.142 e. The molecule has 0 amide bonds. The highest BCUT2D eigenvalue weighted by Gasteiger charge is 1.57. The molecule has 1 heteroatoms. The van der Waals surface area contributed by atoms with E-state index in [-0.39, 0.29) is 0 Å². The Morgan fingerprint density at radius 1 is 1.36 bits per heavy atom. The number of rotatable bonds is 3. The second-order valence-corrected chi connectivity index (χ2v) is 1.73. The highest BCUT2D eigenvalue weighted by atomic mass is 16.1. The van der Waals surface area contributed by atoms with Crippen LogP contribution in [0.25, 0.3) is 0 Å². The summed E-state index contributed by atoms with van der Waals surface area (Å²) in [6.07, 6.45) is 11.2. The van der Waals surface area contributed by atoms with Crippen molar-refractivity contribution < 1.29 is 4.79 Å². The van der Waals surface area contributed by atoms with Crippen LogP contribution in [0.2, 0.25) is 0 Å². The van der Waals surface area contributed by atoms with Gasteiger partial charge in [0.05, 0.1) is 0 Å². The molecule has 0 bridgehead atoms. The topological polar surface area (TPSA) is 17.1 Å². The predicted molar refractivity (Wildman–Crippen MR) is 50.5 cm³/mol. The molecular weight excluding hydrogens is 136 g/mol. The van der Waals surface area contributed by atoms with Crippen molar-refractivity contribution in [3.8, 4) is 0 Å². The molecule has 0 aromatic carbocycles. The third kappa shape index (κ3) is 27.9. The van der Waals surface area contributed by atoms with Crippen LogP contribution in [0.15, 0.2) is 37.0 Å². The number of carbonyl (C=O) groups is 1. The number of allylic oxidation sites excluding steroid dienone is 5. The first-order chi connectivity index (χ1) is 5.33. The van der Waals surface area contributed by atoms with Gasteiger partial charge in [-0.05, 0) is 19.4 Å². The van der Waals surface area contributed by atoms with Gasteiger partial charge < -0.3 is 0 Å². The zero-order chi connectivity index (χ0) is 8.95. The summed E-state index contributed by atoms with van der Waals surface area (Å²) in [6.45, 7) is 7.25. The molecule has 0 radical (unpaired) electrons. The van der Waals surface area contributed by atoms with Crippen molar-refractivity contribution in [2.24, 2.45) is 0 Å². The molecule has 0 fully saturated rings. The minimum atomic E-state index is 0.639. The van der Waals surface area contributed by atoms with Gasteiger partial charge in [-0.3, -0.25) is 4.79 Å². The molecule has 0 rings (SSSR count). The van der Waals surface area contributed by atoms with Gasteiger partial charge in [0.15, 0.2) is 0 Å². The fourth-order valence-electron chi connectivity index (χ4n) is 0.326. The fraction of sp³-hybridized carbons (Fsp3) is 0.300. The minimum Gasteiger partial charge on any atom is -0.299 e. The fourth-order valence-corrected chi connectivity index (χ4v) is 0.326. The number of hydrogen-bond acceptors (Lipinski definition) is 1. The first kappa shape index (κ1) is 12.6. The standard InChI is InChI=1S/C7H12.C3H4O/c1-3-5-7-6-4-2;1-2-3-4/h3,5-7H,4H2,1-2H3;2-3H,1H2/b5-3-,7-6+;. The summed E-state index contributed by atoms with van der Waals surface area (Å²) < 4.78 is 0. The average molecular weight is 152 g/mol. The van der Waals surface area contributed by atoms with Gasteiger partial charge >= 0.3 is 0 Å². The molecule has 0 atom stereocenters. The molecule has 0 saturated heterocycles. The highest BCUT2D eigenvalue weighted by Crippen LogP contribution is 1.79. The molecular formula is C10H16O. The summed E-state index contributed by atoms with van der Waals surface area (Å²) in [4.78, 5) is 9.06. The van der Waals surface area contributed by atoms with Crippen LogP contribution in [0.3, 0.4) is 0 Å². The molecule has 11 heavy (non-hydrogen) atoms. The Morgan fingerprint density at radius 3 is 2.18 bits per heavy atom. The molecule has 0 heterocycles. The molecule has 1 nitrogen and oxygen atoms in total. The number of hydrogen-bond donors (Lipinski definition) is 0. The van der Waals surface area contributed by atoms with Crippen molar-refractivity contribution in [3.05, 3.63) is 37.0 Å². The molecule has 0 unspecified atom stereocenters. The van der Waals surface area contributed by atoms with Gasteiger partial charge in [0.2, 0.25) is 0 Å². The van der Waals surface area contributed by atoms with Crippen molar-refractivity contribution in [2.75, 3.05) is 0 Å². The first-order valence-corrected chi connectivity index (χ1v) is 3.67. The largest absolute Gasteiger partial charge is 0.299 e. The lowest BCUT2D eigenvalue weighted by Gasteiger charge is -1.70. The van der Waals surface area contributed by atoms with Gasteiger partial charge in [-0.1, -0.05) is 37.8 Å². The third-order valence-electron chi connectivity index (χ3n) is 0.772.